The fourth-order valence-electron chi connectivity index (χ4n) is 0.778. The maximum absolute atomic E-state index is 10.4. The third kappa shape index (κ3) is 3.04. The molecule has 1 aromatic rings. The number of aliphatic hydroxyl groups excluding tert-OH is 1. The molecule has 0 saturated carbocycles. The molecule has 0 amide bonds. The van der Waals surface area contributed by atoms with Gasteiger partial charge in [0.1, 0.15) is 0 Å². The molecule has 1 aromatic carbocycles. The zero-order valence-corrected chi connectivity index (χ0v) is 8.89. The Balaban J connectivity index is 0.00000121. The zero-order chi connectivity index (χ0) is 8.27. The summed E-state index contributed by atoms with van der Waals surface area (Å²) in [5.74, 6) is -1.22. The summed E-state index contributed by atoms with van der Waals surface area (Å²) in [5, 5.41) is 9.08. The molecule has 0 aliphatic rings. The van der Waals surface area contributed by atoms with Crippen molar-refractivity contribution in [1.29, 1.82) is 0 Å². The number of benzene rings is 1. The first-order chi connectivity index (χ1) is 5.22. The van der Waals surface area contributed by atoms with E-state index in [4.69, 9.17) is 10.00 Å². The molecular weight excluding hydrogens is 194 g/mol. The first-order valence-electron chi connectivity index (χ1n) is 3.17. The Hall–Kier alpha value is -0.200. The normalized spacial score (nSPS) is 14.5. The van der Waals surface area contributed by atoms with Crippen LogP contribution < -0.4 is 0 Å². The van der Waals surface area contributed by atoms with E-state index in [9.17, 15) is 4.57 Å². The quantitative estimate of drug-likeness (QED) is 0.715. The molecule has 1 rings (SSSR count). The van der Waals surface area contributed by atoms with Crippen molar-refractivity contribution in [3.63, 3.8) is 0 Å². The first kappa shape index (κ1) is 11.8. The van der Waals surface area contributed by atoms with Gasteiger partial charge in [0.05, 0.1) is 0 Å². The van der Waals surface area contributed by atoms with Crippen molar-refractivity contribution in [3.8, 4) is 0 Å². The second-order valence-corrected chi connectivity index (χ2v) is 3.37. The molecule has 0 aromatic heterocycles. The molecule has 0 spiro atoms. The standard InChI is InChI=1S/C7H9O3P.H3P/c8-7(11(9)10)6-4-2-1-3-5-6;/h1-5,7-8,11H,(H,9,10);1H3. The van der Waals surface area contributed by atoms with Gasteiger partial charge in [-0.05, 0) is 5.56 Å². The van der Waals surface area contributed by atoms with Crippen LogP contribution in [0.4, 0.5) is 0 Å². The molecule has 12 heavy (non-hydrogen) atoms. The van der Waals surface area contributed by atoms with E-state index in [0.29, 0.717) is 5.56 Å². The number of aliphatic hydroxyl groups is 1. The average Bonchev–Trinajstić information content (AvgIpc) is 2.05. The summed E-state index contributed by atoms with van der Waals surface area (Å²) in [6, 6.07) is 8.43. The van der Waals surface area contributed by atoms with Crippen LogP contribution in [-0.2, 0) is 4.57 Å². The highest BCUT2D eigenvalue weighted by Crippen LogP contribution is 2.34. The minimum atomic E-state index is -2.86. The Morgan fingerprint density at radius 3 is 2.17 bits per heavy atom. The molecule has 68 valence electrons. The topological polar surface area (TPSA) is 57.5 Å². The summed E-state index contributed by atoms with van der Waals surface area (Å²) in [5.41, 5.74) is 0.485. The predicted octanol–water partition coefficient (Wildman–Crippen LogP) is 1.20. The molecule has 5 heteroatoms. The van der Waals surface area contributed by atoms with Crippen LogP contribution in [0.5, 0.6) is 0 Å². The molecule has 3 unspecified atom stereocenters. The summed E-state index contributed by atoms with van der Waals surface area (Å²) in [7, 11) is -2.86. The van der Waals surface area contributed by atoms with Gasteiger partial charge in [0.2, 0.25) is 8.03 Å². The van der Waals surface area contributed by atoms with Crippen LogP contribution in [0.2, 0.25) is 0 Å². The van der Waals surface area contributed by atoms with Gasteiger partial charge in [0, 0.05) is 0 Å². The Morgan fingerprint density at radius 2 is 1.75 bits per heavy atom. The maximum atomic E-state index is 10.4. The monoisotopic (exact) mass is 206 g/mol. The minimum absolute atomic E-state index is 0. The van der Waals surface area contributed by atoms with E-state index >= 15 is 0 Å². The van der Waals surface area contributed by atoms with Gasteiger partial charge in [0.25, 0.3) is 0 Å². The molecule has 0 heterocycles. The van der Waals surface area contributed by atoms with Gasteiger partial charge < -0.3 is 10.00 Å². The SMILES string of the molecule is O=[PH](O)C(O)c1ccccc1.P. The molecule has 3 nitrogen and oxygen atoms in total. The molecule has 3 atom stereocenters. The van der Waals surface area contributed by atoms with Gasteiger partial charge in [-0.3, -0.25) is 4.57 Å². The number of hydrogen-bond donors (Lipinski definition) is 2. The summed E-state index contributed by atoms with van der Waals surface area (Å²) >= 11 is 0. The first-order valence-corrected chi connectivity index (χ1v) is 4.61. The van der Waals surface area contributed by atoms with Crippen molar-refractivity contribution >= 4 is 17.9 Å². The third-order valence-electron chi connectivity index (χ3n) is 1.35. The summed E-state index contributed by atoms with van der Waals surface area (Å²) in [6.07, 6.45) is 0. The molecule has 0 radical (unpaired) electrons. The predicted molar refractivity (Wildman–Crippen MR) is 53.7 cm³/mol. The largest absolute Gasteiger partial charge is 0.378 e. The average molecular weight is 206 g/mol. The molecule has 0 aliphatic heterocycles. The molecule has 0 bridgehead atoms. The Bertz CT molecular complexity index is 250. The van der Waals surface area contributed by atoms with Crippen molar-refractivity contribution < 1.29 is 14.6 Å². The lowest BCUT2D eigenvalue weighted by Crippen LogP contribution is -1.89. The van der Waals surface area contributed by atoms with Crippen LogP contribution >= 0.6 is 17.9 Å². The zero-order valence-electron chi connectivity index (χ0n) is 6.47. The van der Waals surface area contributed by atoms with Crippen LogP contribution in [0.1, 0.15) is 11.4 Å². The number of hydrogen-bond acceptors (Lipinski definition) is 2. The van der Waals surface area contributed by atoms with Crippen molar-refractivity contribution in [2.24, 2.45) is 0 Å². The summed E-state index contributed by atoms with van der Waals surface area (Å²) < 4.78 is 10.4. The smallest absolute Gasteiger partial charge is 0.221 e. The second kappa shape index (κ2) is 5.45. The highest BCUT2D eigenvalue weighted by atomic mass is 31.1. The van der Waals surface area contributed by atoms with E-state index in [1.807, 2.05) is 0 Å². The molecule has 2 N–H and O–H groups in total. The van der Waals surface area contributed by atoms with E-state index in [1.54, 1.807) is 30.3 Å². The van der Waals surface area contributed by atoms with Gasteiger partial charge in [-0.2, -0.15) is 9.90 Å². The van der Waals surface area contributed by atoms with E-state index in [0.717, 1.165) is 0 Å². The van der Waals surface area contributed by atoms with Crippen LogP contribution in [0.3, 0.4) is 0 Å². The van der Waals surface area contributed by atoms with Crippen molar-refractivity contribution in [3.05, 3.63) is 35.9 Å². The molecule has 0 saturated heterocycles. The van der Waals surface area contributed by atoms with Gasteiger partial charge >= 0.3 is 0 Å². The fourth-order valence-corrected chi connectivity index (χ4v) is 1.26. The van der Waals surface area contributed by atoms with E-state index in [1.165, 1.54) is 0 Å². The lowest BCUT2D eigenvalue weighted by Gasteiger charge is -2.04. The maximum Gasteiger partial charge on any atom is 0.221 e. The van der Waals surface area contributed by atoms with Gasteiger partial charge in [-0.15, -0.1) is 0 Å². The van der Waals surface area contributed by atoms with E-state index in [2.05, 4.69) is 0 Å². The number of rotatable bonds is 2. The molecule has 0 aliphatic carbocycles. The highest BCUT2D eigenvalue weighted by molar-refractivity contribution is 7.38. The van der Waals surface area contributed by atoms with Gasteiger partial charge in [-0.1, -0.05) is 30.3 Å². The Kier molecular flexibility index (Phi) is 5.36. The lowest BCUT2D eigenvalue weighted by molar-refractivity contribution is 0.243. The Labute approximate surface area is 74.9 Å². The van der Waals surface area contributed by atoms with Crippen LogP contribution in [0, 0.1) is 0 Å². The van der Waals surface area contributed by atoms with Crippen LogP contribution in [-0.4, -0.2) is 10.00 Å². The van der Waals surface area contributed by atoms with E-state index < -0.39 is 13.9 Å². The Morgan fingerprint density at radius 1 is 1.25 bits per heavy atom. The van der Waals surface area contributed by atoms with Crippen LogP contribution in [0.25, 0.3) is 0 Å². The van der Waals surface area contributed by atoms with Crippen molar-refractivity contribution in [1.82, 2.24) is 0 Å². The second-order valence-electron chi connectivity index (χ2n) is 2.15. The van der Waals surface area contributed by atoms with Crippen molar-refractivity contribution in [2.45, 2.75) is 5.85 Å². The summed E-state index contributed by atoms with van der Waals surface area (Å²) in [6.45, 7) is 0. The van der Waals surface area contributed by atoms with E-state index in [-0.39, 0.29) is 9.90 Å². The minimum Gasteiger partial charge on any atom is -0.378 e. The van der Waals surface area contributed by atoms with Crippen molar-refractivity contribution in [2.75, 3.05) is 0 Å². The third-order valence-corrected chi connectivity index (χ3v) is 2.15. The summed E-state index contributed by atoms with van der Waals surface area (Å²) in [4.78, 5) is 8.57. The van der Waals surface area contributed by atoms with Gasteiger partial charge in [0.15, 0.2) is 5.85 Å². The van der Waals surface area contributed by atoms with Gasteiger partial charge in [-0.25, -0.2) is 0 Å². The highest BCUT2D eigenvalue weighted by Gasteiger charge is 2.10. The molecular formula is C7H12O3P2. The fraction of sp³-hybridized carbons (Fsp3) is 0.143. The van der Waals surface area contributed by atoms with Crippen LogP contribution in [0.15, 0.2) is 30.3 Å². The lowest BCUT2D eigenvalue weighted by atomic mass is 10.2. The molecule has 0 fully saturated rings.